The maximum atomic E-state index is 13.2. The summed E-state index contributed by atoms with van der Waals surface area (Å²) in [5.41, 5.74) is 2.43. The van der Waals surface area contributed by atoms with Crippen molar-refractivity contribution in [1.82, 2.24) is 14.6 Å². The Morgan fingerprint density at radius 1 is 1.03 bits per heavy atom. The number of fused-ring (bicyclic) bond motifs is 2. The zero-order chi connectivity index (χ0) is 20.8. The van der Waals surface area contributed by atoms with E-state index >= 15 is 0 Å². The lowest BCUT2D eigenvalue weighted by atomic mass is 10.1. The van der Waals surface area contributed by atoms with E-state index < -0.39 is 0 Å². The van der Waals surface area contributed by atoms with E-state index in [0.29, 0.717) is 38.7 Å². The minimum Gasteiger partial charge on any atom is -0.496 e. The number of carbonyl (C=O) groups excluding carboxylic acids is 1. The largest absolute Gasteiger partial charge is 0.496 e. The number of anilines is 1. The van der Waals surface area contributed by atoms with E-state index in [0.717, 1.165) is 17.7 Å². The fourth-order valence-corrected chi connectivity index (χ4v) is 4.77. The number of hydrogen-bond donors (Lipinski definition) is 0. The van der Waals surface area contributed by atoms with Crippen molar-refractivity contribution >= 4 is 33.5 Å². The first-order valence-electron chi connectivity index (χ1n) is 9.62. The van der Waals surface area contributed by atoms with Crippen molar-refractivity contribution in [3.63, 3.8) is 0 Å². The van der Waals surface area contributed by atoms with E-state index in [4.69, 9.17) is 4.74 Å². The first-order valence-corrected chi connectivity index (χ1v) is 10.4. The van der Waals surface area contributed by atoms with Gasteiger partial charge in [-0.15, -0.1) is 5.10 Å². The van der Waals surface area contributed by atoms with Crippen LogP contribution in [0.25, 0.3) is 21.9 Å². The summed E-state index contributed by atoms with van der Waals surface area (Å²) in [5, 5.41) is 4.40. The van der Waals surface area contributed by atoms with Crippen molar-refractivity contribution in [3.05, 3.63) is 69.0 Å². The maximum absolute atomic E-state index is 13.2. The van der Waals surface area contributed by atoms with Crippen LogP contribution in [0.4, 0.5) is 5.69 Å². The van der Waals surface area contributed by atoms with Gasteiger partial charge in [0.1, 0.15) is 10.3 Å². The summed E-state index contributed by atoms with van der Waals surface area (Å²) in [5.74, 6) is 0.899. The average Bonchev–Trinajstić information content (AvgIpc) is 3.40. The predicted octanol–water partition coefficient (Wildman–Crippen LogP) is 2.50. The van der Waals surface area contributed by atoms with Gasteiger partial charge in [0.15, 0.2) is 5.82 Å². The number of para-hydroxylation sites is 2. The van der Waals surface area contributed by atoms with Crippen LogP contribution in [0.3, 0.4) is 0 Å². The van der Waals surface area contributed by atoms with E-state index in [-0.39, 0.29) is 11.5 Å². The molecule has 3 heterocycles. The monoisotopic (exact) mass is 418 g/mol. The van der Waals surface area contributed by atoms with Gasteiger partial charge in [0.05, 0.1) is 23.9 Å². The number of amides is 1. The van der Waals surface area contributed by atoms with E-state index in [1.165, 1.54) is 15.9 Å². The van der Waals surface area contributed by atoms with Crippen LogP contribution in [0.2, 0.25) is 0 Å². The first kappa shape index (κ1) is 18.5. The van der Waals surface area contributed by atoms with E-state index in [1.807, 2.05) is 55.5 Å². The molecule has 0 saturated heterocycles. The Hall–Kier alpha value is -3.52. The molecule has 0 bridgehead atoms. The lowest BCUT2D eigenvalue weighted by Gasteiger charge is -2.15. The standard InChI is InChI=1S/C22H18N4O3S/c1-3-12-25-15-10-6-4-8-13(15)17(20(25)27)18-21(28)26-22(30-18)23-19(24-26)14-9-5-7-11-16(14)29-2/h4-11H,3,12H2,1-2H3/b18-17-. The molecule has 0 aliphatic carbocycles. The SMILES string of the molecule is CCCN1C(=O)/C(=c2\sc3nc(-c4ccccc4OC)nn3c2=O)c2ccccc21. The molecule has 0 atom stereocenters. The predicted molar refractivity (Wildman–Crippen MR) is 116 cm³/mol. The highest BCUT2D eigenvalue weighted by Crippen LogP contribution is 2.35. The smallest absolute Gasteiger partial charge is 0.291 e. The normalized spacial score (nSPS) is 15.1. The van der Waals surface area contributed by atoms with Crippen molar-refractivity contribution < 1.29 is 9.53 Å². The van der Waals surface area contributed by atoms with Crippen LogP contribution < -0.4 is 19.7 Å². The highest BCUT2D eigenvalue weighted by molar-refractivity contribution is 7.15. The van der Waals surface area contributed by atoms with Crippen LogP contribution >= 0.6 is 11.3 Å². The summed E-state index contributed by atoms with van der Waals surface area (Å²) in [6.07, 6.45) is 0.829. The van der Waals surface area contributed by atoms with Gasteiger partial charge in [0, 0.05) is 12.1 Å². The Labute approximate surface area is 175 Å². The molecule has 150 valence electrons. The molecule has 0 radical (unpaired) electrons. The third kappa shape index (κ3) is 2.64. The summed E-state index contributed by atoms with van der Waals surface area (Å²) in [6, 6.07) is 15.0. The second-order valence-corrected chi connectivity index (χ2v) is 7.89. The molecule has 1 amide bonds. The van der Waals surface area contributed by atoms with Gasteiger partial charge in [0.25, 0.3) is 11.5 Å². The van der Waals surface area contributed by atoms with Crippen LogP contribution in [-0.2, 0) is 4.79 Å². The van der Waals surface area contributed by atoms with Crippen LogP contribution in [0, 0.1) is 0 Å². The molecule has 8 heteroatoms. The highest BCUT2D eigenvalue weighted by atomic mass is 32.1. The van der Waals surface area contributed by atoms with Gasteiger partial charge < -0.3 is 9.64 Å². The highest BCUT2D eigenvalue weighted by Gasteiger charge is 2.33. The van der Waals surface area contributed by atoms with Crippen molar-refractivity contribution in [2.24, 2.45) is 0 Å². The number of carbonyl (C=O) groups is 1. The summed E-state index contributed by atoms with van der Waals surface area (Å²) < 4.78 is 7.02. The molecule has 2 aromatic carbocycles. The van der Waals surface area contributed by atoms with Gasteiger partial charge in [-0.3, -0.25) is 9.59 Å². The Balaban J connectivity index is 1.72. The number of thiazole rings is 1. The van der Waals surface area contributed by atoms with Crippen molar-refractivity contribution in [1.29, 1.82) is 0 Å². The second kappa shape index (κ2) is 7.07. The van der Waals surface area contributed by atoms with Gasteiger partial charge in [-0.2, -0.15) is 9.50 Å². The van der Waals surface area contributed by atoms with E-state index in [2.05, 4.69) is 10.1 Å². The van der Waals surface area contributed by atoms with Crippen LogP contribution in [0.5, 0.6) is 5.75 Å². The maximum Gasteiger partial charge on any atom is 0.291 e. The number of rotatable bonds is 4. The number of ether oxygens (including phenoxy) is 1. The van der Waals surface area contributed by atoms with Crippen molar-refractivity contribution in [2.45, 2.75) is 13.3 Å². The number of benzene rings is 2. The zero-order valence-corrected chi connectivity index (χ0v) is 17.3. The Bertz CT molecular complexity index is 1410. The fraction of sp³-hybridized carbons (Fsp3) is 0.182. The van der Waals surface area contributed by atoms with Gasteiger partial charge >= 0.3 is 0 Å². The minimum absolute atomic E-state index is 0.149. The molecule has 0 fully saturated rings. The summed E-state index contributed by atoms with van der Waals surface area (Å²) >= 11 is 1.19. The molecular weight excluding hydrogens is 400 g/mol. The van der Waals surface area contributed by atoms with Gasteiger partial charge in [-0.05, 0) is 24.6 Å². The molecule has 0 unspecified atom stereocenters. The fourth-order valence-electron chi connectivity index (χ4n) is 3.77. The topological polar surface area (TPSA) is 76.8 Å². The molecule has 5 rings (SSSR count). The Kier molecular flexibility index (Phi) is 4.36. The lowest BCUT2D eigenvalue weighted by molar-refractivity contribution is -0.113. The van der Waals surface area contributed by atoms with E-state index in [9.17, 15) is 9.59 Å². The Morgan fingerprint density at radius 2 is 1.77 bits per heavy atom. The number of aromatic nitrogens is 3. The molecule has 7 nitrogen and oxygen atoms in total. The molecule has 30 heavy (non-hydrogen) atoms. The average molecular weight is 418 g/mol. The van der Waals surface area contributed by atoms with Crippen LogP contribution in [0.1, 0.15) is 18.9 Å². The molecule has 0 N–H and O–H groups in total. The summed E-state index contributed by atoms with van der Waals surface area (Å²) in [4.78, 5) is 33.1. The van der Waals surface area contributed by atoms with E-state index in [1.54, 1.807) is 12.0 Å². The summed E-state index contributed by atoms with van der Waals surface area (Å²) in [6.45, 7) is 2.63. The Morgan fingerprint density at radius 3 is 2.50 bits per heavy atom. The zero-order valence-electron chi connectivity index (χ0n) is 16.5. The summed E-state index contributed by atoms with van der Waals surface area (Å²) in [7, 11) is 1.58. The molecule has 2 aromatic heterocycles. The first-order chi connectivity index (χ1) is 14.6. The number of hydrogen-bond acceptors (Lipinski definition) is 6. The van der Waals surface area contributed by atoms with Crippen molar-refractivity contribution in [2.75, 3.05) is 18.6 Å². The molecule has 0 saturated carbocycles. The molecule has 1 aliphatic rings. The second-order valence-electron chi connectivity index (χ2n) is 6.92. The van der Waals surface area contributed by atoms with Crippen LogP contribution in [-0.4, -0.2) is 34.2 Å². The lowest BCUT2D eigenvalue weighted by Crippen LogP contribution is -2.32. The number of nitrogens with zero attached hydrogens (tertiary/aromatic N) is 4. The third-order valence-electron chi connectivity index (χ3n) is 5.10. The number of methoxy groups -OCH3 is 1. The molecule has 0 spiro atoms. The molecule has 4 aromatic rings. The van der Waals surface area contributed by atoms with Gasteiger partial charge in [-0.25, -0.2) is 0 Å². The van der Waals surface area contributed by atoms with Gasteiger partial charge in [-0.1, -0.05) is 48.6 Å². The minimum atomic E-state index is -0.333. The quantitative estimate of drug-likeness (QED) is 0.509. The van der Waals surface area contributed by atoms with Gasteiger partial charge in [0.2, 0.25) is 4.96 Å². The molecule has 1 aliphatic heterocycles. The third-order valence-corrected chi connectivity index (χ3v) is 6.13. The van der Waals surface area contributed by atoms with Crippen LogP contribution in [0.15, 0.2) is 53.3 Å². The van der Waals surface area contributed by atoms with Crippen molar-refractivity contribution in [3.8, 4) is 17.1 Å². The molecular formula is C22H18N4O3S.